The van der Waals surface area contributed by atoms with Crippen molar-refractivity contribution in [3.05, 3.63) is 42.2 Å². The van der Waals surface area contributed by atoms with E-state index in [1.54, 1.807) is 13.4 Å². The van der Waals surface area contributed by atoms with Gasteiger partial charge in [0.25, 0.3) is 0 Å². The molecule has 1 aromatic carbocycles. The number of fused-ring (bicyclic) bond motifs is 2. The van der Waals surface area contributed by atoms with Crippen LogP contribution in [0.5, 0.6) is 0 Å². The summed E-state index contributed by atoms with van der Waals surface area (Å²) < 4.78 is 20.9. The maximum absolute atomic E-state index is 6.48. The third-order valence-corrected chi connectivity index (χ3v) is 9.36. The highest BCUT2D eigenvalue weighted by Crippen LogP contribution is 2.41. The number of aromatic nitrogens is 6. The standard InChI is InChI=1S/C33H48N8O3/c1-19(2)40(22-13-20(14-22)9-12-26-38-23-11-10-21(32(3,4)5)15-24(23)39-26)16-25(42-8)28-31(44-33(6,7)43-28)41-18-37-27-29(34)35-17-36-30(27)41/h10-11,15,17-20,22,25,28,31H,9,12-14,16H2,1-8H3,(H,38,39)(H2,34,35,36)/t20-,22+,25-,28-,31-/m1/s1. The molecule has 1 aliphatic heterocycles. The predicted molar refractivity (Wildman–Crippen MR) is 171 cm³/mol. The van der Waals surface area contributed by atoms with Gasteiger partial charge in [0.05, 0.1) is 17.4 Å². The first-order valence-electron chi connectivity index (χ1n) is 15.9. The molecular formula is C33H48N8O3. The van der Waals surface area contributed by atoms with Gasteiger partial charge in [0.1, 0.15) is 29.9 Å². The number of nitrogens with one attached hydrogen (secondary N) is 1. The second-order valence-electron chi connectivity index (χ2n) is 14.3. The van der Waals surface area contributed by atoms with Crippen molar-refractivity contribution in [2.24, 2.45) is 5.92 Å². The van der Waals surface area contributed by atoms with E-state index in [0.29, 0.717) is 35.0 Å². The minimum absolute atomic E-state index is 0.115. The lowest BCUT2D eigenvalue weighted by atomic mass is 9.76. The number of aromatic amines is 1. The fourth-order valence-corrected chi connectivity index (χ4v) is 6.80. The summed E-state index contributed by atoms with van der Waals surface area (Å²) in [6.07, 6.45) is 6.52. The molecule has 2 fully saturated rings. The molecular weight excluding hydrogens is 556 g/mol. The van der Waals surface area contributed by atoms with Gasteiger partial charge in [-0.3, -0.25) is 9.47 Å². The first-order chi connectivity index (χ1) is 20.8. The quantitative estimate of drug-likeness (QED) is 0.245. The highest BCUT2D eigenvalue weighted by atomic mass is 16.8. The number of nitrogens with zero attached hydrogens (tertiary/aromatic N) is 6. The average Bonchev–Trinajstić information content (AvgIpc) is 3.63. The maximum atomic E-state index is 6.48. The normalized spacial score (nSPS) is 24.5. The van der Waals surface area contributed by atoms with Crippen LogP contribution in [0.1, 0.15) is 85.3 Å². The smallest absolute Gasteiger partial charge is 0.169 e. The predicted octanol–water partition coefficient (Wildman–Crippen LogP) is 5.37. The molecule has 238 valence electrons. The van der Waals surface area contributed by atoms with Crippen LogP contribution in [0.3, 0.4) is 0 Å². The van der Waals surface area contributed by atoms with E-state index in [1.165, 1.54) is 24.7 Å². The van der Waals surface area contributed by atoms with Crippen LogP contribution in [-0.2, 0) is 26.0 Å². The topological polar surface area (TPSA) is 129 Å². The summed E-state index contributed by atoms with van der Waals surface area (Å²) in [4.78, 5) is 24.0. The van der Waals surface area contributed by atoms with E-state index in [-0.39, 0.29) is 17.6 Å². The summed E-state index contributed by atoms with van der Waals surface area (Å²) in [6.45, 7) is 15.8. The van der Waals surface area contributed by atoms with E-state index in [9.17, 15) is 0 Å². The molecule has 1 saturated carbocycles. The summed E-state index contributed by atoms with van der Waals surface area (Å²) in [6, 6.07) is 7.47. The number of H-pyrrole nitrogens is 1. The van der Waals surface area contributed by atoms with Gasteiger partial charge in [0.2, 0.25) is 0 Å². The number of hydrogen-bond acceptors (Lipinski definition) is 9. The van der Waals surface area contributed by atoms with Crippen LogP contribution in [0.15, 0.2) is 30.9 Å². The van der Waals surface area contributed by atoms with E-state index >= 15 is 0 Å². The van der Waals surface area contributed by atoms with Gasteiger partial charge in [-0.05, 0) is 76.0 Å². The van der Waals surface area contributed by atoms with Crippen molar-refractivity contribution in [3.8, 4) is 0 Å². The number of nitrogens with two attached hydrogens (primary N) is 1. The fraction of sp³-hybridized carbons (Fsp3) is 0.636. The van der Waals surface area contributed by atoms with E-state index in [1.807, 2.05) is 18.4 Å². The fourth-order valence-electron chi connectivity index (χ4n) is 6.80. The molecule has 1 aliphatic carbocycles. The number of nitrogen functional groups attached to an aromatic ring is 1. The molecule has 1 saturated heterocycles. The lowest BCUT2D eigenvalue weighted by molar-refractivity contribution is -0.163. The van der Waals surface area contributed by atoms with Gasteiger partial charge in [0, 0.05) is 32.2 Å². The second-order valence-corrected chi connectivity index (χ2v) is 14.3. The van der Waals surface area contributed by atoms with Gasteiger partial charge < -0.3 is 24.9 Å². The SMILES string of the molecule is CO[C@H](CN(C(C)C)[C@H]1C[C@@H](CCc2nc3cc(C(C)(C)C)ccc3[nH]2)C1)[C@H]1OC(C)(C)O[C@H]1n1cnc2c(N)ncnc21. The number of rotatable bonds is 10. The first-order valence-corrected chi connectivity index (χ1v) is 15.9. The molecule has 3 N–H and O–H groups in total. The molecule has 6 rings (SSSR count). The molecule has 44 heavy (non-hydrogen) atoms. The van der Waals surface area contributed by atoms with Gasteiger partial charge in [-0.1, -0.05) is 26.8 Å². The summed E-state index contributed by atoms with van der Waals surface area (Å²) >= 11 is 0. The van der Waals surface area contributed by atoms with Crippen molar-refractivity contribution in [3.63, 3.8) is 0 Å². The van der Waals surface area contributed by atoms with Crippen LogP contribution < -0.4 is 5.73 Å². The molecule has 11 nitrogen and oxygen atoms in total. The monoisotopic (exact) mass is 604 g/mol. The number of methoxy groups -OCH3 is 1. The van der Waals surface area contributed by atoms with Crippen LogP contribution >= 0.6 is 0 Å². The zero-order valence-electron chi connectivity index (χ0n) is 27.4. The van der Waals surface area contributed by atoms with Crippen molar-refractivity contribution in [2.75, 3.05) is 19.4 Å². The molecule has 2 aliphatic rings. The molecule has 0 unspecified atom stereocenters. The average molecular weight is 605 g/mol. The third-order valence-electron chi connectivity index (χ3n) is 9.36. The first kappa shape index (κ1) is 30.9. The Balaban J connectivity index is 1.10. The zero-order valence-corrected chi connectivity index (χ0v) is 27.4. The van der Waals surface area contributed by atoms with E-state index in [4.69, 9.17) is 24.9 Å². The lowest BCUT2D eigenvalue weighted by Crippen LogP contribution is -2.53. The number of hydrogen-bond donors (Lipinski definition) is 2. The number of imidazole rings is 2. The van der Waals surface area contributed by atoms with Gasteiger partial charge in [-0.15, -0.1) is 0 Å². The Morgan fingerprint density at radius 2 is 1.93 bits per heavy atom. The van der Waals surface area contributed by atoms with Crippen molar-refractivity contribution in [2.45, 2.75) is 116 Å². The summed E-state index contributed by atoms with van der Waals surface area (Å²) in [5.41, 5.74) is 10.8. The number of anilines is 1. The number of aryl methyl sites for hydroxylation is 1. The van der Waals surface area contributed by atoms with Crippen LogP contribution in [-0.4, -0.2) is 78.1 Å². The molecule has 0 spiro atoms. The molecule has 3 atom stereocenters. The highest BCUT2D eigenvalue weighted by Gasteiger charge is 2.48. The minimum Gasteiger partial charge on any atom is -0.382 e. The third kappa shape index (κ3) is 6.07. The van der Waals surface area contributed by atoms with Crippen LogP contribution in [0.4, 0.5) is 5.82 Å². The van der Waals surface area contributed by atoms with E-state index < -0.39 is 12.0 Å². The summed E-state index contributed by atoms with van der Waals surface area (Å²) in [7, 11) is 1.75. The van der Waals surface area contributed by atoms with Crippen LogP contribution in [0, 0.1) is 5.92 Å². The van der Waals surface area contributed by atoms with Crippen LogP contribution in [0.25, 0.3) is 22.2 Å². The molecule has 4 aromatic rings. The Hall–Kier alpha value is -3.12. The minimum atomic E-state index is -0.795. The Bertz CT molecular complexity index is 1600. The molecule has 0 bridgehead atoms. The Labute approximate surface area is 259 Å². The van der Waals surface area contributed by atoms with Gasteiger partial charge in [0.15, 0.2) is 23.5 Å². The van der Waals surface area contributed by atoms with E-state index in [0.717, 1.165) is 36.2 Å². The molecule has 0 amide bonds. The van der Waals surface area contributed by atoms with Crippen LogP contribution in [0.2, 0.25) is 0 Å². The Morgan fingerprint density at radius 3 is 2.64 bits per heavy atom. The highest BCUT2D eigenvalue weighted by molar-refractivity contribution is 5.81. The molecule has 3 aromatic heterocycles. The molecule has 11 heteroatoms. The second kappa shape index (κ2) is 11.7. The van der Waals surface area contributed by atoms with E-state index in [2.05, 4.69) is 77.7 Å². The number of ether oxygens (including phenoxy) is 3. The van der Waals surface area contributed by atoms with Gasteiger partial charge in [-0.25, -0.2) is 19.9 Å². The Kier molecular flexibility index (Phi) is 8.19. The Morgan fingerprint density at radius 1 is 1.16 bits per heavy atom. The molecule has 0 radical (unpaired) electrons. The maximum Gasteiger partial charge on any atom is 0.169 e. The van der Waals surface area contributed by atoms with Crippen molar-refractivity contribution < 1.29 is 14.2 Å². The van der Waals surface area contributed by atoms with Crippen molar-refractivity contribution in [1.29, 1.82) is 0 Å². The summed E-state index contributed by atoms with van der Waals surface area (Å²) in [5, 5.41) is 0. The lowest BCUT2D eigenvalue weighted by Gasteiger charge is -2.46. The number of benzene rings is 1. The van der Waals surface area contributed by atoms with Gasteiger partial charge in [-0.2, -0.15) is 0 Å². The van der Waals surface area contributed by atoms with Crippen molar-refractivity contribution in [1.82, 2.24) is 34.4 Å². The zero-order chi connectivity index (χ0) is 31.4. The molecule has 4 heterocycles. The largest absolute Gasteiger partial charge is 0.382 e. The summed E-state index contributed by atoms with van der Waals surface area (Å²) in [5.74, 6) is 1.31. The van der Waals surface area contributed by atoms with Crippen molar-refractivity contribution >= 4 is 28.0 Å². The van der Waals surface area contributed by atoms with Gasteiger partial charge >= 0.3 is 0 Å².